The molecule has 1 aromatic rings. The van der Waals surface area contributed by atoms with E-state index < -0.39 is 0 Å². The van der Waals surface area contributed by atoms with Crippen LogP contribution < -0.4 is 0 Å². The molecule has 0 radical (unpaired) electrons. The first-order chi connectivity index (χ1) is 7.76. The Morgan fingerprint density at radius 1 is 1.18 bits per heavy atom. The molecule has 2 heteroatoms. The predicted molar refractivity (Wildman–Crippen MR) is 73.4 cm³/mol. The van der Waals surface area contributed by atoms with Crippen LogP contribution in [0.5, 0.6) is 0 Å². The molecule has 17 heavy (non-hydrogen) atoms. The van der Waals surface area contributed by atoms with Crippen molar-refractivity contribution in [2.75, 3.05) is 14.1 Å². The van der Waals surface area contributed by atoms with E-state index in [0.717, 1.165) is 0 Å². The maximum absolute atomic E-state index is 10.4. The first-order valence-electron chi connectivity index (χ1n) is 6.17. The van der Waals surface area contributed by atoms with E-state index in [1.54, 1.807) is 0 Å². The number of hydrogen-bond donors (Lipinski definition) is 1. The average Bonchev–Trinajstić information content (AvgIpc) is 2.23. The Morgan fingerprint density at radius 2 is 1.65 bits per heavy atom. The Kier molecular flexibility index (Phi) is 4.34. The minimum Gasteiger partial charge on any atom is -0.391 e. The Labute approximate surface area is 105 Å². The summed E-state index contributed by atoms with van der Waals surface area (Å²) in [5.74, 6) is 0. The van der Waals surface area contributed by atoms with E-state index in [1.165, 1.54) is 16.7 Å². The summed E-state index contributed by atoms with van der Waals surface area (Å²) >= 11 is 0. The molecule has 0 bridgehead atoms. The summed E-state index contributed by atoms with van der Waals surface area (Å²) in [5, 5.41) is 10.4. The van der Waals surface area contributed by atoms with Gasteiger partial charge in [-0.15, -0.1) is 0 Å². The van der Waals surface area contributed by atoms with Crippen LogP contribution in [0.15, 0.2) is 18.2 Å². The molecule has 1 N–H and O–H groups in total. The maximum atomic E-state index is 10.4. The van der Waals surface area contributed by atoms with Crippen LogP contribution >= 0.6 is 0 Å². The van der Waals surface area contributed by atoms with Gasteiger partial charge in [0, 0.05) is 12.0 Å². The van der Waals surface area contributed by atoms with Gasteiger partial charge in [0.1, 0.15) is 0 Å². The van der Waals surface area contributed by atoms with Gasteiger partial charge in [0.05, 0.1) is 6.10 Å². The van der Waals surface area contributed by atoms with Crippen molar-refractivity contribution >= 4 is 0 Å². The lowest BCUT2D eigenvalue weighted by molar-refractivity contribution is 0.0181. The van der Waals surface area contributed by atoms with Gasteiger partial charge >= 0.3 is 0 Å². The highest BCUT2D eigenvalue weighted by molar-refractivity contribution is 5.34. The van der Waals surface area contributed by atoms with Crippen LogP contribution in [0.2, 0.25) is 0 Å². The number of likely N-dealkylation sites (N-methyl/N-ethyl adjacent to an activating group) is 1. The van der Waals surface area contributed by atoms with Gasteiger partial charge in [0.25, 0.3) is 0 Å². The quantitative estimate of drug-likeness (QED) is 0.867. The molecule has 1 rings (SSSR count). The molecule has 0 aliphatic carbocycles. The van der Waals surface area contributed by atoms with Gasteiger partial charge in [-0.1, -0.05) is 18.2 Å². The van der Waals surface area contributed by atoms with Gasteiger partial charge in [0.15, 0.2) is 0 Å². The van der Waals surface area contributed by atoms with Crippen molar-refractivity contribution in [1.82, 2.24) is 4.90 Å². The maximum Gasteiger partial charge on any atom is 0.0758 e. The van der Waals surface area contributed by atoms with Gasteiger partial charge in [-0.2, -0.15) is 0 Å². The molecule has 0 aliphatic heterocycles. The number of aliphatic hydroxyl groups excluding tert-OH is 1. The van der Waals surface area contributed by atoms with Crippen LogP contribution in [0.1, 0.15) is 30.5 Å². The molecule has 0 spiro atoms. The second-order valence-corrected chi connectivity index (χ2v) is 5.64. The Balaban J connectivity index is 2.92. The summed E-state index contributed by atoms with van der Waals surface area (Å²) in [6.07, 6.45) is 0.348. The Bertz CT molecular complexity index is 362. The summed E-state index contributed by atoms with van der Waals surface area (Å²) in [7, 11) is 4.02. The van der Waals surface area contributed by atoms with E-state index >= 15 is 0 Å². The molecule has 0 amide bonds. The highest BCUT2D eigenvalue weighted by atomic mass is 16.3. The van der Waals surface area contributed by atoms with Crippen LogP contribution in [-0.2, 0) is 6.42 Å². The van der Waals surface area contributed by atoms with Crippen LogP contribution in [0, 0.1) is 13.8 Å². The zero-order valence-corrected chi connectivity index (χ0v) is 11.9. The predicted octanol–water partition coefficient (Wildman–Crippen LogP) is 2.55. The van der Waals surface area contributed by atoms with Crippen molar-refractivity contribution in [2.24, 2.45) is 0 Å². The van der Waals surface area contributed by atoms with Gasteiger partial charge in [-0.3, -0.25) is 0 Å². The lowest BCUT2D eigenvalue weighted by Crippen LogP contribution is -2.49. The highest BCUT2D eigenvalue weighted by Crippen LogP contribution is 2.22. The average molecular weight is 235 g/mol. The van der Waals surface area contributed by atoms with Gasteiger partial charge in [0.2, 0.25) is 0 Å². The monoisotopic (exact) mass is 235 g/mol. The summed E-state index contributed by atoms with van der Waals surface area (Å²) in [6.45, 7) is 8.37. The lowest BCUT2D eigenvalue weighted by atomic mass is 9.88. The number of benzene rings is 1. The largest absolute Gasteiger partial charge is 0.391 e. The summed E-state index contributed by atoms with van der Waals surface area (Å²) in [5.41, 5.74) is 3.58. The molecule has 0 saturated carbocycles. The summed E-state index contributed by atoms with van der Waals surface area (Å²) in [6, 6.07) is 6.28. The fraction of sp³-hybridized carbons (Fsp3) is 0.600. The zero-order valence-electron chi connectivity index (χ0n) is 11.9. The van der Waals surface area contributed by atoms with E-state index in [2.05, 4.69) is 50.8 Å². The van der Waals surface area contributed by atoms with E-state index in [1.807, 2.05) is 14.1 Å². The number of aliphatic hydroxyl groups is 1. The second-order valence-electron chi connectivity index (χ2n) is 5.64. The summed E-state index contributed by atoms with van der Waals surface area (Å²) < 4.78 is 0. The van der Waals surface area contributed by atoms with E-state index in [-0.39, 0.29) is 11.6 Å². The fourth-order valence-electron chi connectivity index (χ4n) is 1.91. The Morgan fingerprint density at radius 3 is 2.06 bits per heavy atom. The minimum atomic E-state index is -0.364. The SMILES string of the molecule is Cc1cccc(C)c1CC(O)C(C)(C)N(C)C. The fourth-order valence-corrected chi connectivity index (χ4v) is 1.91. The van der Waals surface area contributed by atoms with Crippen molar-refractivity contribution in [1.29, 1.82) is 0 Å². The first kappa shape index (κ1) is 14.2. The molecule has 96 valence electrons. The molecular formula is C15H25NO. The number of rotatable bonds is 4. The van der Waals surface area contributed by atoms with Crippen LogP contribution in [0.3, 0.4) is 0 Å². The smallest absolute Gasteiger partial charge is 0.0758 e. The molecule has 2 nitrogen and oxygen atoms in total. The van der Waals surface area contributed by atoms with Gasteiger partial charge in [-0.25, -0.2) is 0 Å². The van der Waals surface area contributed by atoms with Crippen LogP contribution in [0.25, 0.3) is 0 Å². The minimum absolute atomic E-state index is 0.214. The molecule has 1 atom stereocenters. The second kappa shape index (κ2) is 5.19. The third-order valence-corrected chi connectivity index (χ3v) is 4.01. The molecule has 1 aromatic carbocycles. The van der Waals surface area contributed by atoms with Gasteiger partial charge in [-0.05, 0) is 58.5 Å². The van der Waals surface area contributed by atoms with Crippen molar-refractivity contribution < 1.29 is 5.11 Å². The highest BCUT2D eigenvalue weighted by Gasteiger charge is 2.30. The molecule has 0 fully saturated rings. The van der Waals surface area contributed by atoms with Crippen molar-refractivity contribution in [3.63, 3.8) is 0 Å². The van der Waals surface area contributed by atoms with E-state index in [4.69, 9.17) is 0 Å². The van der Waals surface area contributed by atoms with Crippen LogP contribution in [0.4, 0.5) is 0 Å². The first-order valence-corrected chi connectivity index (χ1v) is 6.17. The standard InChI is InChI=1S/C15H25NO/c1-11-8-7-9-12(2)13(11)10-14(17)15(3,4)16(5)6/h7-9,14,17H,10H2,1-6H3. The van der Waals surface area contributed by atoms with E-state index in [0.29, 0.717) is 6.42 Å². The topological polar surface area (TPSA) is 23.5 Å². The normalized spacial score (nSPS) is 14.1. The number of nitrogens with zero attached hydrogens (tertiary/aromatic N) is 1. The molecule has 0 aliphatic rings. The molecule has 0 aromatic heterocycles. The molecular weight excluding hydrogens is 210 g/mol. The van der Waals surface area contributed by atoms with E-state index in [9.17, 15) is 5.11 Å². The van der Waals surface area contributed by atoms with Crippen LogP contribution in [-0.4, -0.2) is 35.7 Å². The lowest BCUT2D eigenvalue weighted by Gasteiger charge is -2.37. The van der Waals surface area contributed by atoms with Crippen molar-refractivity contribution in [3.05, 3.63) is 34.9 Å². The Hall–Kier alpha value is -0.860. The molecule has 0 saturated heterocycles. The summed E-state index contributed by atoms with van der Waals surface area (Å²) in [4.78, 5) is 2.07. The van der Waals surface area contributed by atoms with Crippen molar-refractivity contribution in [2.45, 2.75) is 45.8 Å². The molecule has 0 heterocycles. The van der Waals surface area contributed by atoms with Gasteiger partial charge < -0.3 is 10.0 Å². The zero-order chi connectivity index (χ0) is 13.2. The molecule has 1 unspecified atom stereocenters. The van der Waals surface area contributed by atoms with Crippen molar-refractivity contribution in [3.8, 4) is 0 Å². The number of hydrogen-bond acceptors (Lipinski definition) is 2. The third kappa shape index (κ3) is 3.08. The third-order valence-electron chi connectivity index (χ3n) is 4.01. The number of aryl methyl sites for hydroxylation is 2.